The van der Waals surface area contributed by atoms with E-state index in [4.69, 9.17) is 27.9 Å². The summed E-state index contributed by atoms with van der Waals surface area (Å²) in [7, 11) is 0. The van der Waals surface area contributed by atoms with Gasteiger partial charge in [0.25, 0.3) is 0 Å². The van der Waals surface area contributed by atoms with Gasteiger partial charge in [-0.1, -0.05) is 88.7 Å². The lowest BCUT2D eigenvalue weighted by molar-refractivity contribution is -0.144. The second-order valence-electron chi connectivity index (χ2n) is 23.8. The molecule has 0 spiro atoms. The van der Waals surface area contributed by atoms with Crippen molar-refractivity contribution in [3.8, 4) is 16.2 Å². The number of rotatable bonds is 17. The predicted molar refractivity (Wildman–Crippen MR) is 311 cm³/mol. The Labute approximate surface area is 475 Å². The second-order valence-corrected chi connectivity index (χ2v) is 25.0. The molecule has 9 rings (SSSR count). The molecule has 6 heterocycles. The molecule has 5 aromatic rings. The summed E-state index contributed by atoms with van der Waals surface area (Å²) in [5, 5.41) is 17.5. The van der Waals surface area contributed by atoms with E-state index in [9.17, 15) is 19.5 Å². The van der Waals surface area contributed by atoms with E-state index in [1.54, 1.807) is 17.4 Å². The number of carbonyl (C=O) groups excluding carboxylic acids is 3. The molecule has 2 aromatic heterocycles. The van der Waals surface area contributed by atoms with Crippen molar-refractivity contribution in [3.63, 3.8) is 0 Å². The zero-order valence-corrected chi connectivity index (χ0v) is 48.5. The third-order valence-corrected chi connectivity index (χ3v) is 17.9. The maximum absolute atomic E-state index is 14.3. The molecule has 0 aliphatic carbocycles. The number of nitrogens with one attached hydrogen (secondary N) is 2. The lowest BCUT2D eigenvalue weighted by Crippen LogP contribution is -2.59. The molecule has 4 atom stereocenters. The summed E-state index contributed by atoms with van der Waals surface area (Å²) in [5.74, 6) is 1.18. The van der Waals surface area contributed by atoms with Crippen molar-refractivity contribution < 1.29 is 24.2 Å². The van der Waals surface area contributed by atoms with Crippen LogP contribution in [0.15, 0.2) is 84.5 Å². The number of hydrogen-bond acceptors (Lipinski definition) is 13. The van der Waals surface area contributed by atoms with Gasteiger partial charge in [-0.15, -0.1) is 11.3 Å². The standard InChI is InChI=1S/C61H78ClN11O5S/c1-40(43-9-11-44(12-10-43)55-41(2)65-39-79-55)66-57(76)53-34-51(74)36-73(53)58(77)56(60(3,4)5)68-54(75)37-70-23-18-42(19-24-70)35-69-25-20-50(21-26-69)71-27-29-72(30-28-71)59-64-22-17-48(67-59)38-78-52-15-13-45(14-16-52)61(6,7)46-31-47(62)33-49(32-46)63-8/h9-17,22,31-33,39-40,42,50-51,53,56,74H,18-21,23-30,34-38H2,1-7H3,(H,66,76)(H,68,75)/t40-,51+,53-,56+/m0/s1. The SMILES string of the molecule is [C-]#[N+]c1cc(Cl)cc(C(C)(C)c2ccc(OCc3ccnc(N4CCN(C5CCN(CC6CCN(CC(=O)N[C@H](C(=O)N7C[C@H](O)C[C@H]7C(=O)N[C@@H](C)c7ccc(-c8scnc8C)cc7)C(C)(C)C)CC6)CC5)CC4)n3)cc2)c1. The Morgan fingerprint density at radius 3 is 2.22 bits per heavy atom. The number of aliphatic hydroxyl groups is 1. The minimum absolute atomic E-state index is 0.0303. The molecule has 4 fully saturated rings. The van der Waals surface area contributed by atoms with Crippen LogP contribution in [0.25, 0.3) is 15.3 Å². The molecule has 0 bridgehead atoms. The van der Waals surface area contributed by atoms with E-state index in [2.05, 4.69) is 71.0 Å². The number of thiazole rings is 1. The van der Waals surface area contributed by atoms with E-state index in [1.807, 2.05) is 101 Å². The fourth-order valence-corrected chi connectivity index (χ4v) is 12.8. The maximum Gasteiger partial charge on any atom is 0.246 e. The van der Waals surface area contributed by atoms with Gasteiger partial charge >= 0.3 is 0 Å². The maximum atomic E-state index is 14.3. The first-order chi connectivity index (χ1) is 37.8. The molecular weight excluding hydrogens is 1030 g/mol. The van der Waals surface area contributed by atoms with E-state index in [-0.39, 0.29) is 48.7 Å². The van der Waals surface area contributed by atoms with Gasteiger partial charge in [-0.25, -0.2) is 19.8 Å². The summed E-state index contributed by atoms with van der Waals surface area (Å²) in [6.45, 7) is 30.5. The average molecular weight is 1110 g/mol. The van der Waals surface area contributed by atoms with Crippen LogP contribution in [0, 0.1) is 24.8 Å². The number of aryl methyl sites for hydroxylation is 1. The normalized spacial score (nSPS) is 20.2. The highest BCUT2D eigenvalue weighted by molar-refractivity contribution is 7.13. The van der Waals surface area contributed by atoms with Crippen molar-refractivity contribution in [2.24, 2.45) is 11.3 Å². The van der Waals surface area contributed by atoms with Crippen LogP contribution in [-0.2, 0) is 26.4 Å². The van der Waals surface area contributed by atoms with Crippen molar-refractivity contribution in [2.45, 2.75) is 123 Å². The van der Waals surface area contributed by atoms with Crippen molar-refractivity contribution in [1.82, 2.24) is 45.2 Å². The van der Waals surface area contributed by atoms with Gasteiger partial charge in [0.2, 0.25) is 23.7 Å². The highest BCUT2D eigenvalue weighted by Crippen LogP contribution is 2.37. The first kappa shape index (κ1) is 57.7. The molecule has 4 aliphatic heterocycles. The summed E-state index contributed by atoms with van der Waals surface area (Å²) in [6, 6.07) is 22.1. The van der Waals surface area contributed by atoms with Gasteiger partial charge in [-0.05, 0) is 130 Å². The highest BCUT2D eigenvalue weighted by atomic mass is 35.5. The zero-order valence-electron chi connectivity index (χ0n) is 47.0. The van der Waals surface area contributed by atoms with Crippen LogP contribution in [0.4, 0.5) is 11.6 Å². The number of hydrogen-bond donors (Lipinski definition) is 3. The molecule has 0 saturated carbocycles. The molecule has 0 radical (unpaired) electrons. The summed E-state index contributed by atoms with van der Waals surface area (Å²) in [6.07, 6.45) is 5.46. The minimum Gasteiger partial charge on any atom is -0.487 e. The van der Waals surface area contributed by atoms with Gasteiger partial charge in [0.1, 0.15) is 24.4 Å². The Hall–Kier alpha value is -6.00. The number of carbonyl (C=O) groups is 3. The molecule has 3 aromatic carbocycles. The minimum atomic E-state index is -0.872. The van der Waals surface area contributed by atoms with E-state index >= 15 is 0 Å². The van der Waals surface area contributed by atoms with Crippen LogP contribution in [0.1, 0.15) is 108 Å². The zero-order chi connectivity index (χ0) is 56.0. The van der Waals surface area contributed by atoms with Gasteiger partial charge < -0.3 is 35.2 Å². The summed E-state index contributed by atoms with van der Waals surface area (Å²) < 4.78 is 6.19. The number of anilines is 1. The van der Waals surface area contributed by atoms with E-state index < -0.39 is 23.6 Å². The highest BCUT2D eigenvalue weighted by Gasteiger charge is 2.45. The Kier molecular flexibility index (Phi) is 18.4. The smallest absolute Gasteiger partial charge is 0.246 e. The van der Waals surface area contributed by atoms with Crippen LogP contribution in [0.5, 0.6) is 5.75 Å². The number of amides is 3. The van der Waals surface area contributed by atoms with E-state index in [0.717, 1.165) is 135 Å². The van der Waals surface area contributed by atoms with Crippen LogP contribution in [-0.4, -0.2) is 154 Å². The quantitative estimate of drug-likeness (QED) is 0.0761. The Morgan fingerprint density at radius 1 is 0.861 bits per heavy atom. The third-order valence-electron chi connectivity index (χ3n) is 16.7. The topological polar surface area (TPSA) is 164 Å². The summed E-state index contributed by atoms with van der Waals surface area (Å²) >= 11 is 7.93. The molecule has 4 saturated heterocycles. The van der Waals surface area contributed by atoms with E-state index in [1.165, 1.54) is 4.90 Å². The Bertz CT molecular complexity index is 2940. The Morgan fingerprint density at radius 2 is 1.56 bits per heavy atom. The predicted octanol–water partition coefficient (Wildman–Crippen LogP) is 8.69. The number of ether oxygens (including phenoxy) is 1. The van der Waals surface area contributed by atoms with Gasteiger partial charge in [-0.3, -0.25) is 24.2 Å². The van der Waals surface area contributed by atoms with E-state index in [0.29, 0.717) is 29.3 Å². The number of aliphatic hydroxyl groups excluding tert-OH is 1. The van der Waals surface area contributed by atoms with Gasteiger partial charge in [0.15, 0.2) is 5.69 Å². The summed E-state index contributed by atoms with van der Waals surface area (Å²) in [4.78, 5) is 71.7. The number of benzene rings is 3. The molecular formula is C61H78ClN11O5S. The molecule has 420 valence electrons. The monoisotopic (exact) mass is 1110 g/mol. The molecule has 18 heteroatoms. The molecule has 16 nitrogen and oxygen atoms in total. The van der Waals surface area contributed by atoms with Crippen LogP contribution < -0.4 is 20.3 Å². The van der Waals surface area contributed by atoms with Crippen molar-refractivity contribution in [2.75, 3.05) is 76.9 Å². The number of halogens is 1. The van der Waals surface area contributed by atoms with Gasteiger partial charge in [0, 0.05) is 68.4 Å². The fourth-order valence-electron chi connectivity index (χ4n) is 11.8. The first-order valence-corrected chi connectivity index (χ1v) is 29.3. The van der Waals surface area contributed by atoms with Crippen molar-refractivity contribution in [1.29, 1.82) is 0 Å². The van der Waals surface area contributed by atoms with Crippen molar-refractivity contribution >= 4 is 52.3 Å². The largest absolute Gasteiger partial charge is 0.487 e. The lowest BCUT2D eigenvalue weighted by Gasteiger charge is -2.43. The number of β-amino-alcohol motifs (C(OH)–C–C–N with tert-alkyl or cyclic N) is 1. The number of likely N-dealkylation sites (tertiary alicyclic amines) is 3. The van der Waals surface area contributed by atoms with Gasteiger partial charge in [0.05, 0.1) is 47.0 Å². The van der Waals surface area contributed by atoms with Crippen LogP contribution in [0.3, 0.4) is 0 Å². The van der Waals surface area contributed by atoms with Crippen molar-refractivity contribution in [3.05, 3.63) is 129 Å². The third kappa shape index (κ3) is 14.3. The molecule has 79 heavy (non-hydrogen) atoms. The summed E-state index contributed by atoms with van der Waals surface area (Å²) in [5.41, 5.74) is 7.26. The molecule has 4 aliphatic rings. The molecule has 3 amide bonds. The van der Waals surface area contributed by atoms with Crippen LogP contribution in [0.2, 0.25) is 5.02 Å². The van der Waals surface area contributed by atoms with Crippen LogP contribution >= 0.6 is 22.9 Å². The lowest BCUT2D eigenvalue weighted by atomic mass is 9.78. The second kappa shape index (κ2) is 25.2. The number of nitrogens with zero attached hydrogens (tertiary/aromatic N) is 9. The molecule has 0 unspecified atom stereocenters. The first-order valence-electron chi connectivity index (χ1n) is 28.1. The average Bonchev–Trinajstić information content (AvgIpc) is 4.14. The van der Waals surface area contributed by atoms with Gasteiger partial charge in [-0.2, -0.15) is 0 Å². The number of piperidine rings is 2. The number of aromatic nitrogens is 3. The molecule has 3 N–H and O–H groups in total. The Balaban J connectivity index is 0.674. The fraction of sp³-hybridized carbons (Fsp3) is 0.525. The number of piperazine rings is 1.